The molecule has 0 N–H and O–H groups in total. The summed E-state index contributed by atoms with van der Waals surface area (Å²) >= 11 is 0. The van der Waals surface area contributed by atoms with E-state index in [1.807, 2.05) is 24.3 Å². The van der Waals surface area contributed by atoms with E-state index in [4.69, 9.17) is 9.47 Å². The van der Waals surface area contributed by atoms with Crippen molar-refractivity contribution in [3.8, 4) is 5.75 Å². The van der Waals surface area contributed by atoms with E-state index in [0.717, 1.165) is 11.3 Å². The zero-order chi connectivity index (χ0) is 9.52. The fourth-order valence-electron chi connectivity index (χ4n) is 0.943. The first-order valence-electron chi connectivity index (χ1n) is 4.21. The second-order valence-electron chi connectivity index (χ2n) is 2.61. The maximum absolute atomic E-state index is 5.39. The average molecular weight is 178 g/mol. The highest BCUT2D eigenvalue weighted by atomic mass is 16.5. The van der Waals surface area contributed by atoms with Gasteiger partial charge in [-0.15, -0.1) is 0 Å². The summed E-state index contributed by atoms with van der Waals surface area (Å²) in [6.45, 7) is 4.88. The minimum Gasteiger partial charge on any atom is -0.491 e. The molecule has 1 aromatic carbocycles. The summed E-state index contributed by atoms with van der Waals surface area (Å²) in [6, 6.07) is 7.78. The molecule has 0 unspecified atom stereocenters. The van der Waals surface area contributed by atoms with Crippen molar-refractivity contribution in [3.05, 3.63) is 36.4 Å². The molecule has 13 heavy (non-hydrogen) atoms. The molecular formula is C11H14O2. The van der Waals surface area contributed by atoms with Crippen molar-refractivity contribution in [2.75, 3.05) is 20.3 Å². The van der Waals surface area contributed by atoms with Crippen molar-refractivity contribution < 1.29 is 9.47 Å². The van der Waals surface area contributed by atoms with Gasteiger partial charge in [-0.2, -0.15) is 0 Å². The molecule has 0 saturated carbocycles. The molecule has 0 aliphatic heterocycles. The quantitative estimate of drug-likeness (QED) is 0.644. The van der Waals surface area contributed by atoms with Gasteiger partial charge in [-0.1, -0.05) is 24.8 Å². The summed E-state index contributed by atoms with van der Waals surface area (Å²) in [6.07, 6.45) is 1.80. The minimum atomic E-state index is 0.587. The average Bonchev–Trinajstić information content (AvgIpc) is 2.19. The number of benzene rings is 1. The lowest BCUT2D eigenvalue weighted by atomic mass is 10.2. The van der Waals surface area contributed by atoms with Crippen molar-refractivity contribution >= 4 is 6.08 Å². The van der Waals surface area contributed by atoms with Crippen molar-refractivity contribution in [2.45, 2.75) is 0 Å². The normalized spacial score (nSPS) is 9.62. The van der Waals surface area contributed by atoms with Gasteiger partial charge in [0.2, 0.25) is 0 Å². The van der Waals surface area contributed by atoms with Gasteiger partial charge in [0, 0.05) is 7.11 Å². The van der Waals surface area contributed by atoms with Gasteiger partial charge in [0.25, 0.3) is 0 Å². The number of hydrogen-bond acceptors (Lipinski definition) is 2. The predicted molar refractivity (Wildman–Crippen MR) is 53.9 cm³/mol. The molecule has 0 radical (unpaired) electrons. The SMILES string of the molecule is C=Cc1ccc(OCCOC)cc1. The Labute approximate surface area is 78.8 Å². The predicted octanol–water partition coefficient (Wildman–Crippen LogP) is 2.35. The largest absolute Gasteiger partial charge is 0.491 e. The smallest absolute Gasteiger partial charge is 0.119 e. The Morgan fingerprint density at radius 3 is 2.46 bits per heavy atom. The summed E-state index contributed by atoms with van der Waals surface area (Å²) < 4.78 is 10.3. The van der Waals surface area contributed by atoms with Crippen LogP contribution in [-0.4, -0.2) is 20.3 Å². The van der Waals surface area contributed by atoms with E-state index in [1.165, 1.54) is 0 Å². The third-order valence-corrected chi connectivity index (χ3v) is 1.67. The standard InChI is InChI=1S/C11H14O2/c1-3-10-4-6-11(7-5-10)13-9-8-12-2/h3-7H,1,8-9H2,2H3. The van der Waals surface area contributed by atoms with Gasteiger partial charge in [-0.3, -0.25) is 0 Å². The maximum Gasteiger partial charge on any atom is 0.119 e. The number of rotatable bonds is 5. The Bertz CT molecular complexity index is 251. The van der Waals surface area contributed by atoms with E-state index >= 15 is 0 Å². The van der Waals surface area contributed by atoms with E-state index < -0.39 is 0 Å². The Kier molecular flexibility index (Phi) is 4.06. The summed E-state index contributed by atoms with van der Waals surface area (Å²) in [5.41, 5.74) is 1.10. The van der Waals surface area contributed by atoms with Crippen LogP contribution in [0, 0.1) is 0 Å². The second-order valence-corrected chi connectivity index (χ2v) is 2.61. The molecule has 0 amide bonds. The molecule has 0 aliphatic carbocycles. The molecule has 70 valence electrons. The highest BCUT2D eigenvalue weighted by Crippen LogP contribution is 2.12. The van der Waals surface area contributed by atoms with Crippen LogP contribution in [0.25, 0.3) is 6.08 Å². The Morgan fingerprint density at radius 2 is 1.92 bits per heavy atom. The van der Waals surface area contributed by atoms with Crippen LogP contribution < -0.4 is 4.74 Å². The van der Waals surface area contributed by atoms with E-state index in [2.05, 4.69) is 6.58 Å². The van der Waals surface area contributed by atoms with E-state index in [1.54, 1.807) is 13.2 Å². The molecule has 0 aliphatic rings. The highest BCUT2D eigenvalue weighted by molar-refractivity contribution is 5.48. The lowest BCUT2D eigenvalue weighted by molar-refractivity contribution is 0.146. The van der Waals surface area contributed by atoms with Gasteiger partial charge >= 0.3 is 0 Å². The molecule has 0 heterocycles. The monoisotopic (exact) mass is 178 g/mol. The van der Waals surface area contributed by atoms with Crippen LogP contribution in [0.3, 0.4) is 0 Å². The van der Waals surface area contributed by atoms with Crippen LogP contribution in [0.1, 0.15) is 5.56 Å². The minimum absolute atomic E-state index is 0.587. The summed E-state index contributed by atoms with van der Waals surface area (Å²) in [4.78, 5) is 0. The van der Waals surface area contributed by atoms with Crippen LogP contribution in [0.15, 0.2) is 30.8 Å². The molecule has 0 spiro atoms. The van der Waals surface area contributed by atoms with E-state index in [0.29, 0.717) is 13.2 Å². The first kappa shape index (κ1) is 9.81. The lowest BCUT2D eigenvalue weighted by Crippen LogP contribution is -2.03. The number of hydrogen-bond donors (Lipinski definition) is 0. The van der Waals surface area contributed by atoms with E-state index in [9.17, 15) is 0 Å². The molecule has 0 saturated heterocycles. The van der Waals surface area contributed by atoms with Gasteiger partial charge < -0.3 is 9.47 Å². The Balaban J connectivity index is 2.44. The molecular weight excluding hydrogens is 164 g/mol. The van der Waals surface area contributed by atoms with Crippen LogP contribution in [0.4, 0.5) is 0 Å². The molecule has 1 aromatic rings. The topological polar surface area (TPSA) is 18.5 Å². The second kappa shape index (κ2) is 5.38. The van der Waals surface area contributed by atoms with Gasteiger partial charge in [0.05, 0.1) is 6.61 Å². The van der Waals surface area contributed by atoms with Gasteiger partial charge in [-0.25, -0.2) is 0 Å². The first-order chi connectivity index (χ1) is 6.36. The molecule has 2 nitrogen and oxygen atoms in total. The number of ether oxygens (including phenoxy) is 2. The number of methoxy groups -OCH3 is 1. The fraction of sp³-hybridized carbons (Fsp3) is 0.273. The molecule has 0 aromatic heterocycles. The van der Waals surface area contributed by atoms with Crippen molar-refractivity contribution in [1.29, 1.82) is 0 Å². The van der Waals surface area contributed by atoms with Gasteiger partial charge in [0.15, 0.2) is 0 Å². The van der Waals surface area contributed by atoms with E-state index in [-0.39, 0.29) is 0 Å². The Hall–Kier alpha value is -1.28. The first-order valence-corrected chi connectivity index (χ1v) is 4.21. The third kappa shape index (κ3) is 3.30. The molecule has 0 atom stereocenters. The lowest BCUT2D eigenvalue weighted by Gasteiger charge is -2.04. The maximum atomic E-state index is 5.39. The van der Waals surface area contributed by atoms with Crippen molar-refractivity contribution in [3.63, 3.8) is 0 Å². The van der Waals surface area contributed by atoms with Crippen LogP contribution in [0.5, 0.6) is 5.75 Å². The molecule has 0 bridgehead atoms. The third-order valence-electron chi connectivity index (χ3n) is 1.67. The van der Waals surface area contributed by atoms with Gasteiger partial charge in [-0.05, 0) is 17.7 Å². The van der Waals surface area contributed by atoms with Gasteiger partial charge in [0.1, 0.15) is 12.4 Å². The zero-order valence-corrected chi connectivity index (χ0v) is 7.82. The molecule has 0 fully saturated rings. The molecule has 1 rings (SSSR count). The summed E-state index contributed by atoms with van der Waals surface area (Å²) in [5.74, 6) is 0.864. The highest BCUT2D eigenvalue weighted by Gasteiger charge is 1.92. The summed E-state index contributed by atoms with van der Waals surface area (Å²) in [7, 11) is 1.66. The van der Waals surface area contributed by atoms with Crippen molar-refractivity contribution in [2.24, 2.45) is 0 Å². The van der Waals surface area contributed by atoms with Crippen LogP contribution in [-0.2, 0) is 4.74 Å². The molecule has 2 heteroatoms. The van der Waals surface area contributed by atoms with Crippen molar-refractivity contribution in [1.82, 2.24) is 0 Å². The van der Waals surface area contributed by atoms with Crippen LogP contribution >= 0.6 is 0 Å². The summed E-state index contributed by atoms with van der Waals surface area (Å²) in [5, 5.41) is 0. The Morgan fingerprint density at radius 1 is 1.23 bits per heavy atom. The fourth-order valence-corrected chi connectivity index (χ4v) is 0.943. The zero-order valence-electron chi connectivity index (χ0n) is 7.82. The van der Waals surface area contributed by atoms with Crippen LogP contribution in [0.2, 0.25) is 0 Å².